The van der Waals surface area contributed by atoms with Crippen LogP contribution in [0.25, 0.3) is 0 Å². The summed E-state index contributed by atoms with van der Waals surface area (Å²) in [7, 11) is -3.46. The van der Waals surface area contributed by atoms with Gasteiger partial charge in [-0.3, -0.25) is 4.79 Å². The van der Waals surface area contributed by atoms with Gasteiger partial charge in [-0.15, -0.1) is 11.3 Å². The number of amides is 1. The fraction of sp³-hybridized carbons (Fsp3) is 0.214. The molecule has 0 spiro atoms. The lowest BCUT2D eigenvalue weighted by Crippen LogP contribution is -2.22. The van der Waals surface area contributed by atoms with Crippen LogP contribution in [-0.2, 0) is 21.4 Å². The third-order valence-electron chi connectivity index (χ3n) is 3.13. The molecule has 2 rings (SSSR count). The van der Waals surface area contributed by atoms with E-state index >= 15 is 0 Å². The van der Waals surface area contributed by atoms with Gasteiger partial charge in [0.2, 0.25) is 15.9 Å². The van der Waals surface area contributed by atoms with Crippen molar-refractivity contribution < 1.29 is 13.2 Å². The van der Waals surface area contributed by atoms with Crippen LogP contribution in [0.3, 0.4) is 0 Å². The Labute approximate surface area is 127 Å². The molecule has 1 atom stereocenters. The Morgan fingerprint density at radius 1 is 1.29 bits per heavy atom. The highest BCUT2D eigenvalue weighted by Gasteiger charge is 2.15. The van der Waals surface area contributed by atoms with E-state index in [-0.39, 0.29) is 18.4 Å². The molecule has 1 amide bonds. The van der Waals surface area contributed by atoms with Gasteiger partial charge in [-0.25, -0.2) is 13.1 Å². The first-order valence-corrected chi connectivity index (χ1v) is 8.68. The van der Waals surface area contributed by atoms with E-state index in [9.17, 15) is 13.2 Å². The normalized spacial score (nSPS) is 13.0. The average molecular weight is 324 g/mol. The van der Waals surface area contributed by atoms with E-state index in [4.69, 9.17) is 5.73 Å². The third-order valence-corrected chi connectivity index (χ3v) is 5.93. The van der Waals surface area contributed by atoms with Gasteiger partial charge in [0, 0.05) is 6.54 Å². The van der Waals surface area contributed by atoms with Gasteiger partial charge in [0.1, 0.15) is 4.21 Å². The van der Waals surface area contributed by atoms with Crippen LogP contribution in [-0.4, -0.2) is 14.3 Å². The predicted octanol–water partition coefficient (Wildman–Crippen LogP) is 1.82. The summed E-state index contributed by atoms with van der Waals surface area (Å²) in [4.78, 5) is 11.1. The molecule has 7 heteroatoms. The number of carbonyl (C=O) groups excluding carboxylic acids is 1. The minimum absolute atomic E-state index is 0.200. The highest BCUT2D eigenvalue weighted by Crippen LogP contribution is 2.17. The zero-order chi connectivity index (χ0) is 15.5. The first-order valence-electron chi connectivity index (χ1n) is 6.31. The maximum Gasteiger partial charge on any atom is 0.250 e. The summed E-state index contributed by atoms with van der Waals surface area (Å²) in [5.41, 5.74) is 6.87. The SMILES string of the molecule is CC(C(N)=O)c1ccc(CNS(=O)(=O)c2cccs2)cc1. The van der Waals surface area contributed by atoms with Gasteiger partial charge in [0.05, 0.1) is 5.92 Å². The number of primary amides is 1. The molecule has 1 aromatic carbocycles. The second-order valence-electron chi connectivity index (χ2n) is 4.62. The van der Waals surface area contributed by atoms with Gasteiger partial charge in [-0.2, -0.15) is 0 Å². The van der Waals surface area contributed by atoms with Gasteiger partial charge in [0.15, 0.2) is 0 Å². The smallest absolute Gasteiger partial charge is 0.250 e. The van der Waals surface area contributed by atoms with E-state index in [0.29, 0.717) is 4.21 Å². The standard InChI is InChI=1S/C14H16N2O3S2/c1-10(14(15)17)12-6-4-11(5-7-12)9-16-21(18,19)13-3-2-8-20-13/h2-8,10,16H,9H2,1H3,(H2,15,17). The van der Waals surface area contributed by atoms with Crippen molar-refractivity contribution in [1.29, 1.82) is 0 Å². The number of sulfonamides is 1. The number of rotatable bonds is 6. The van der Waals surface area contributed by atoms with Crippen molar-refractivity contribution in [2.75, 3.05) is 0 Å². The summed E-state index contributed by atoms with van der Waals surface area (Å²) in [6.45, 7) is 1.93. The van der Waals surface area contributed by atoms with Crippen LogP contribution in [0.2, 0.25) is 0 Å². The van der Waals surface area contributed by atoms with Crippen LogP contribution >= 0.6 is 11.3 Å². The van der Waals surface area contributed by atoms with Crippen molar-refractivity contribution >= 4 is 27.3 Å². The maximum absolute atomic E-state index is 12.0. The van der Waals surface area contributed by atoms with Crippen LogP contribution in [0.5, 0.6) is 0 Å². The average Bonchev–Trinajstić information content (AvgIpc) is 3.00. The minimum atomic E-state index is -3.46. The molecule has 0 bridgehead atoms. The molecule has 3 N–H and O–H groups in total. The number of thiophene rings is 1. The Kier molecular flexibility index (Phi) is 4.76. The lowest BCUT2D eigenvalue weighted by Gasteiger charge is -2.09. The molecule has 0 aliphatic heterocycles. The molecule has 0 radical (unpaired) electrons. The Balaban J connectivity index is 2.03. The van der Waals surface area contributed by atoms with Crippen molar-refractivity contribution in [3.05, 3.63) is 52.9 Å². The molecule has 1 heterocycles. The molecule has 0 saturated heterocycles. The summed E-state index contributed by atoms with van der Waals surface area (Å²) < 4.78 is 26.8. The molecule has 1 unspecified atom stereocenters. The second-order valence-corrected chi connectivity index (χ2v) is 7.56. The van der Waals surface area contributed by atoms with Crippen molar-refractivity contribution in [2.24, 2.45) is 5.73 Å². The monoisotopic (exact) mass is 324 g/mol. The molecule has 1 aromatic heterocycles. The molecule has 0 aliphatic rings. The summed E-state index contributed by atoms with van der Waals surface area (Å²) in [6, 6.07) is 10.4. The Morgan fingerprint density at radius 3 is 2.48 bits per heavy atom. The molecule has 0 saturated carbocycles. The molecular formula is C14H16N2O3S2. The highest BCUT2D eigenvalue weighted by atomic mass is 32.2. The third kappa shape index (κ3) is 3.90. The zero-order valence-corrected chi connectivity index (χ0v) is 13.1. The van der Waals surface area contributed by atoms with Crippen molar-refractivity contribution in [1.82, 2.24) is 4.72 Å². The summed E-state index contributed by atoms with van der Waals surface area (Å²) >= 11 is 1.17. The van der Waals surface area contributed by atoms with E-state index < -0.39 is 10.0 Å². The first-order chi connectivity index (χ1) is 9.90. The van der Waals surface area contributed by atoms with E-state index in [0.717, 1.165) is 11.1 Å². The largest absolute Gasteiger partial charge is 0.369 e. The summed E-state index contributed by atoms with van der Waals surface area (Å²) in [5.74, 6) is -0.747. The Morgan fingerprint density at radius 2 is 1.95 bits per heavy atom. The topological polar surface area (TPSA) is 89.3 Å². The molecule has 5 nitrogen and oxygen atoms in total. The Hall–Kier alpha value is -1.70. The number of nitrogens with two attached hydrogens (primary N) is 1. The minimum Gasteiger partial charge on any atom is -0.369 e. The van der Waals surface area contributed by atoms with Gasteiger partial charge in [-0.1, -0.05) is 30.3 Å². The van der Waals surface area contributed by atoms with Crippen LogP contribution in [0, 0.1) is 0 Å². The van der Waals surface area contributed by atoms with E-state index in [2.05, 4.69) is 4.72 Å². The fourth-order valence-corrected chi connectivity index (χ4v) is 3.81. The molecule has 112 valence electrons. The van der Waals surface area contributed by atoms with Gasteiger partial charge in [0.25, 0.3) is 0 Å². The second kappa shape index (κ2) is 6.38. The van der Waals surface area contributed by atoms with Gasteiger partial charge < -0.3 is 5.73 Å². The molecule has 0 aliphatic carbocycles. The van der Waals surface area contributed by atoms with Crippen LogP contribution in [0.15, 0.2) is 46.0 Å². The number of benzene rings is 1. The first kappa shape index (κ1) is 15.7. The molecule has 21 heavy (non-hydrogen) atoms. The van der Waals surface area contributed by atoms with Gasteiger partial charge in [-0.05, 0) is 29.5 Å². The lowest BCUT2D eigenvalue weighted by molar-refractivity contribution is -0.119. The summed E-state index contributed by atoms with van der Waals surface area (Å²) in [6.07, 6.45) is 0. The maximum atomic E-state index is 12.0. The van der Waals surface area contributed by atoms with Crippen LogP contribution in [0.4, 0.5) is 0 Å². The molecule has 0 fully saturated rings. The van der Waals surface area contributed by atoms with Gasteiger partial charge >= 0.3 is 0 Å². The van der Waals surface area contributed by atoms with Crippen molar-refractivity contribution in [3.8, 4) is 0 Å². The van der Waals surface area contributed by atoms with Crippen LogP contribution < -0.4 is 10.5 Å². The van der Waals surface area contributed by atoms with Crippen molar-refractivity contribution in [3.63, 3.8) is 0 Å². The highest BCUT2D eigenvalue weighted by molar-refractivity contribution is 7.91. The quantitative estimate of drug-likeness (QED) is 0.849. The number of hydrogen-bond donors (Lipinski definition) is 2. The van der Waals surface area contributed by atoms with Crippen molar-refractivity contribution in [2.45, 2.75) is 23.6 Å². The molecular weight excluding hydrogens is 308 g/mol. The van der Waals surface area contributed by atoms with Crippen LogP contribution in [0.1, 0.15) is 24.0 Å². The predicted molar refractivity (Wildman–Crippen MR) is 82.4 cm³/mol. The number of nitrogens with one attached hydrogen (secondary N) is 1. The van der Waals surface area contributed by atoms with E-state index in [1.165, 1.54) is 11.3 Å². The fourth-order valence-electron chi connectivity index (χ4n) is 1.75. The summed E-state index contributed by atoms with van der Waals surface area (Å²) in [5, 5.41) is 1.72. The number of carbonyl (C=O) groups is 1. The lowest BCUT2D eigenvalue weighted by atomic mass is 9.99. The molecule has 2 aromatic rings. The number of hydrogen-bond acceptors (Lipinski definition) is 4. The zero-order valence-electron chi connectivity index (χ0n) is 11.4. The van der Waals surface area contributed by atoms with E-state index in [1.54, 1.807) is 48.7 Å². The Bertz CT molecular complexity index is 707. The van der Waals surface area contributed by atoms with E-state index in [1.807, 2.05) is 0 Å².